The van der Waals surface area contributed by atoms with Gasteiger partial charge in [0.15, 0.2) is 0 Å². The van der Waals surface area contributed by atoms with Crippen LogP contribution >= 0.6 is 0 Å². The number of hydrogen-bond donors (Lipinski definition) is 2. The first-order chi connectivity index (χ1) is 9.17. The summed E-state index contributed by atoms with van der Waals surface area (Å²) in [6, 6.07) is 2.41. The van der Waals surface area contributed by atoms with E-state index in [1.54, 1.807) is 0 Å². The zero-order valence-electron chi connectivity index (χ0n) is 12.2. The Labute approximate surface area is 115 Å². The number of aromatic nitrogens is 2. The van der Waals surface area contributed by atoms with Crippen LogP contribution in [0.15, 0.2) is 6.07 Å². The van der Waals surface area contributed by atoms with Gasteiger partial charge in [-0.2, -0.15) is 4.98 Å². The van der Waals surface area contributed by atoms with Crippen molar-refractivity contribution in [3.8, 4) is 0 Å². The molecule has 1 unspecified atom stereocenters. The van der Waals surface area contributed by atoms with E-state index in [0.29, 0.717) is 12.0 Å². The standard InChI is InChI=1S/C14H25N5/c1-4-15-14-17-11(2)9-13(18-14)16-12(3)10-19-7-5-6-8-19/h9,12H,4-8,10H2,1-3H3,(H2,15,16,17,18). The topological polar surface area (TPSA) is 53.1 Å². The quantitative estimate of drug-likeness (QED) is 0.823. The lowest BCUT2D eigenvalue weighted by molar-refractivity contribution is 0.327. The Morgan fingerprint density at radius 1 is 1.32 bits per heavy atom. The lowest BCUT2D eigenvalue weighted by Gasteiger charge is -2.21. The summed E-state index contributed by atoms with van der Waals surface area (Å²) in [5, 5.41) is 6.64. The van der Waals surface area contributed by atoms with Crippen LogP contribution in [0.2, 0.25) is 0 Å². The third-order valence-corrected chi connectivity index (χ3v) is 3.31. The van der Waals surface area contributed by atoms with Crippen molar-refractivity contribution in [2.75, 3.05) is 36.8 Å². The molecule has 2 N–H and O–H groups in total. The van der Waals surface area contributed by atoms with Crippen LogP contribution in [0, 0.1) is 6.92 Å². The summed E-state index contributed by atoms with van der Waals surface area (Å²) in [5.41, 5.74) is 0.988. The minimum atomic E-state index is 0.405. The molecule has 0 amide bonds. The summed E-state index contributed by atoms with van der Waals surface area (Å²) in [5.74, 6) is 1.62. The maximum Gasteiger partial charge on any atom is 0.224 e. The highest BCUT2D eigenvalue weighted by atomic mass is 15.2. The smallest absolute Gasteiger partial charge is 0.224 e. The van der Waals surface area contributed by atoms with E-state index in [9.17, 15) is 0 Å². The molecule has 1 aromatic rings. The molecule has 0 spiro atoms. The van der Waals surface area contributed by atoms with Gasteiger partial charge in [-0.05, 0) is 46.7 Å². The lowest BCUT2D eigenvalue weighted by atomic mass is 10.3. The molecular weight excluding hydrogens is 238 g/mol. The summed E-state index contributed by atoms with van der Waals surface area (Å²) in [6.45, 7) is 10.6. The highest BCUT2D eigenvalue weighted by molar-refractivity contribution is 5.42. The van der Waals surface area contributed by atoms with Crippen molar-refractivity contribution in [1.82, 2.24) is 14.9 Å². The highest BCUT2D eigenvalue weighted by Crippen LogP contribution is 2.13. The summed E-state index contributed by atoms with van der Waals surface area (Å²) >= 11 is 0. The number of aryl methyl sites for hydroxylation is 1. The van der Waals surface area contributed by atoms with Crippen LogP contribution in [-0.4, -0.2) is 47.1 Å². The first-order valence-corrected chi connectivity index (χ1v) is 7.26. The van der Waals surface area contributed by atoms with Gasteiger partial charge in [-0.25, -0.2) is 4.98 Å². The highest BCUT2D eigenvalue weighted by Gasteiger charge is 2.15. The van der Waals surface area contributed by atoms with Crippen LogP contribution in [-0.2, 0) is 0 Å². The molecule has 2 heterocycles. The monoisotopic (exact) mass is 263 g/mol. The summed E-state index contributed by atoms with van der Waals surface area (Å²) in [7, 11) is 0. The Balaban J connectivity index is 1.93. The van der Waals surface area contributed by atoms with Crippen molar-refractivity contribution in [3.63, 3.8) is 0 Å². The van der Waals surface area contributed by atoms with E-state index in [0.717, 1.165) is 24.6 Å². The predicted molar refractivity (Wildman–Crippen MR) is 79.7 cm³/mol. The molecule has 1 aliphatic rings. The molecule has 1 saturated heterocycles. The van der Waals surface area contributed by atoms with E-state index in [2.05, 4.69) is 39.3 Å². The van der Waals surface area contributed by atoms with Gasteiger partial charge in [-0.3, -0.25) is 0 Å². The van der Waals surface area contributed by atoms with Gasteiger partial charge in [0.05, 0.1) is 0 Å². The van der Waals surface area contributed by atoms with Gasteiger partial charge in [-0.15, -0.1) is 0 Å². The first kappa shape index (κ1) is 14.1. The Morgan fingerprint density at radius 3 is 2.74 bits per heavy atom. The van der Waals surface area contributed by atoms with E-state index >= 15 is 0 Å². The molecule has 1 fully saturated rings. The molecule has 106 valence electrons. The maximum absolute atomic E-state index is 4.49. The van der Waals surface area contributed by atoms with Gasteiger partial charge in [0.25, 0.3) is 0 Å². The zero-order valence-corrected chi connectivity index (χ0v) is 12.2. The molecule has 5 nitrogen and oxygen atoms in total. The molecule has 0 aromatic carbocycles. The van der Waals surface area contributed by atoms with Crippen LogP contribution in [0.25, 0.3) is 0 Å². The van der Waals surface area contributed by atoms with E-state index < -0.39 is 0 Å². The SMILES string of the molecule is CCNc1nc(C)cc(NC(C)CN2CCCC2)n1. The third-order valence-electron chi connectivity index (χ3n) is 3.31. The average Bonchev–Trinajstić information content (AvgIpc) is 2.81. The Morgan fingerprint density at radius 2 is 2.05 bits per heavy atom. The molecular formula is C14H25N5. The lowest BCUT2D eigenvalue weighted by Crippen LogP contribution is -2.33. The molecule has 2 rings (SSSR count). The fourth-order valence-corrected chi connectivity index (χ4v) is 2.53. The molecule has 1 atom stereocenters. The second-order valence-corrected chi connectivity index (χ2v) is 5.30. The largest absolute Gasteiger partial charge is 0.366 e. The van der Waals surface area contributed by atoms with Gasteiger partial charge in [0, 0.05) is 30.9 Å². The minimum Gasteiger partial charge on any atom is -0.366 e. The Bertz CT molecular complexity index is 401. The number of rotatable bonds is 6. The maximum atomic E-state index is 4.49. The Kier molecular flexibility index (Phi) is 4.96. The van der Waals surface area contributed by atoms with Crippen LogP contribution in [0.5, 0.6) is 0 Å². The molecule has 1 aromatic heterocycles. The number of anilines is 2. The van der Waals surface area contributed by atoms with Gasteiger partial charge >= 0.3 is 0 Å². The fraction of sp³-hybridized carbons (Fsp3) is 0.714. The number of nitrogens with one attached hydrogen (secondary N) is 2. The molecule has 5 heteroatoms. The van der Waals surface area contributed by atoms with Crippen LogP contribution in [0.3, 0.4) is 0 Å². The summed E-state index contributed by atoms with van der Waals surface area (Å²) < 4.78 is 0. The molecule has 1 aliphatic heterocycles. The van der Waals surface area contributed by atoms with E-state index in [-0.39, 0.29) is 0 Å². The first-order valence-electron chi connectivity index (χ1n) is 7.26. The molecule has 0 saturated carbocycles. The summed E-state index contributed by atoms with van der Waals surface area (Å²) in [6.07, 6.45) is 2.67. The second-order valence-electron chi connectivity index (χ2n) is 5.30. The predicted octanol–water partition coefficient (Wildman–Crippen LogP) is 2.11. The number of nitrogens with zero attached hydrogens (tertiary/aromatic N) is 3. The van der Waals surface area contributed by atoms with Crippen molar-refractivity contribution >= 4 is 11.8 Å². The van der Waals surface area contributed by atoms with E-state index in [1.807, 2.05) is 13.0 Å². The van der Waals surface area contributed by atoms with Gasteiger partial charge < -0.3 is 15.5 Å². The van der Waals surface area contributed by atoms with Crippen LogP contribution < -0.4 is 10.6 Å². The van der Waals surface area contributed by atoms with Gasteiger partial charge in [-0.1, -0.05) is 0 Å². The normalized spacial score (nSPS) is 17.4. The van der Waals surface area contributed by atoms with Gasteiger partial charge in [0.1, 0.15) is 5.82 Å². The van der Waals surface area contributed by atoms with Crippen molar-refractivity contribution < 1.29 is 0 Å². The number of hydrogen-bond acceptors (Lipinski definition) is 5. The fourth-order valence-electron chi connectivity index (χ4n) is 2.53. The zero-order chi connectivity index (χ0) is 13.7. The van der Waals surface area contributed by atoms with Crippen molar-refractivity contribution in [1.29, 1.82) is 0 Å². The van der Waals surface area contributed by atoms with Crippen LogP contribution in [0.4, 0.5) is 11.8 Å². The minimum absolute atomic E-state index is 0.405. The average molecular weight is 263 g/mol. The molecule has 0 radical (unpaired) electrons. The number of likely N-dealkylation sites (tertiary alicyclic amines) is 1. The molecule has 19 heavy (non-hydrogen) atoms. The van der Waals surface area contributed by atoms with Gasteiger partial charge in [0.2, 0.25) is 5.95 Å². The van der Waals surface area contributed by atoms with E-state index in [1.165, 1.54) is 25.9 Å². The molecule has 0 aliphatic carbocycles. The van der Waals surface area contributed by atoms with Crippen molar-refractivity contribution in [2.45, 2.75) is 39.7 Å². The van der Waals surface area contributed by atoms with Crippen molar-refractivity contribution in [2.24, 2.45) is 0 Å². The van der Waals surface area contributed by atoms with Crippen LogP contribution in [0.1, 0.15) is 32.4 Å². The summed E-state index contributed by atoms with van der Waals surface area (Å²) in [4.78, 5) is 11.4. The van der Waals surface area contributed by atoms with E-state index in [4.69, 9.17) is 0 Å². The molecule has 0 bridgehead atoms. The Hall–Kier alpha value is -1.36. The van der Waals surface area contributed by atoms with Crippen molar-refractivity contribution in [3.05, 3.63) is 11.8 Å². The third kappa shape index (κ3) is 4.35. The second kappa shape index (κ2) is 6.70.